The second-order valence-corrected chi connectivity index (χ2v) is 22.4. The molecule has 2 saturated heterocycles. The van der Waals surface area contributed by atoms with Crippen LogP contribution in [0.2, 0.25) is 36.3 Å². The van der Waals surface area contributed by atoms with Crippen LogP contribution < -0.4 is 5.32 Å². The van der Waals surface area contributed by atoms with Crippen LogP contribution in [0.4, 0.5) is 0 Å². The number of ether oxygens (including phenoxy) is 2. The van der Waals surface area contributed by atoms with E-state index in [1.54, 1.807) is 13.8 Å². The van der Waals surface area contributed by atoms with Gasteiger partial charge in [0.15, 0.2) is 22.2 Å². The zero-order valence-corrected chi connectivity index (χ0v) is 24.7. The van der Waals surface area contributed by atoms with Gasteiger partial charge in [-0.1, -0.05) is 41.5 Å². The summed E-state index contributed by atoms with van der Waals surface area (Å²) >= 11 is 0. The van der Waals surface area contributed by atoms with Crippen molar-refractivity contribution in [2.75, 3.05) is 6.61 Å². The molecule has 0 unspecified atom stereocenters. The molecule has 0 aliphatic carbocycles. The molecule has 0 aromatic rings. The van der Waals surface area contributed by atoms with Gasteiger partial charge in [0.1, 0.15) is 0 Å². The fourth-order valence-corrected chi connectivity index (χ4v) is 5.75. The van der Waals surface area contributed by atoms with Crippen molar-refractivity contribution in [2.24, 2.45) is 0 Å². The monoisotopic (exact) mass is 499 g/mol. The molecule has 2 fully saturated rings. The lowest BCUT2D eigenvalue weighted by Crippen LogP contribution is -2.56. The first-order valence-electron chi connectivity index (χ1n) is 11.9. The van der Waals surface area contributed by atoms with Gasteiger partial charge < -0.3 is 23.6 Å². The van der Waals surface area contributed by atoms with Gasteiger partial charge in [0.25, 0.3) is 5.79 Å². The van der Waals surface area contributed by atoms with E-state index in [1.165, 1.54) is 0 Å². The van der Waals surface area contributed by atoms with Crippen molar-refractivity contribution < 1.29 is 27.9 Å². The van der Waals surface area contributed by atoms with Gasteiger partial charge in [-0.3, -0.25) is 0 Å². The minimum absolute atomic E-state index is 0.0440. The van der Waals surface area contributed by atoms with Crippen molar-refractivity contribution >= 4 is 28.6 Å². The van der Waals surface area contributed by atoms with Crippen LogP contribution in [0, 0.1) is 0 Å². The minimum Gasteiger partial charge on any atom is -0.419 e. The van der Waals surface area contributed by atoms with E-state index < -0.39 is 34.4 Å². The summed E-state index contributed by atoms with van der Waals surface area (Å²) in [7, 11) is -4.04. The second-order valence-electron chi connectivity index (χ2n) is 12.8. The first kappa shape index (κ1) is 28.1. The standard InChI is InChI=1S/C24H45NO6Si2/c1-22(2,3)32(9,10)28-15-17-18(31-33(11,12)23(4,5)6)14-13-16(25-17)19-20(26)29-24(7,8)30-21(19)27/h17-18,25H,13-15H2,1-12H3/t17-,18-/m1/s1. The molecule has 0 saturated carbocycles. The van der Waals surface area contributed by atoms with Gasteiger partial charge in [-0.25, -0.2) is 9.59 Å². The van der Waals surface area contributed by atoms with Crippen LogP contribution in [0.5, 0.6) is 0 Å². The van der Waals surface area contributed by atoms with Crippen molar-refractivity contribution in [3.63, 3.8) is 0 Å². The highest BCUT2D eigenvalue weighted by atomic mass is 28.4. The van der Waals surface area contributed by atoms with Gasteiger partial charge in [0.05, 0.1) is 18.8 Å². The van der Waals surface area contributed by atoms with Crippen LogP contribution in [0.3, 0.4) is 0 Å². The predicted molar refractivity (Wildman–Crippen MR) is 135 cm³/mol. The Bertz CT molecular complexity index is 783. The quantitative estimate of drug-likeness (QED) is 0.240. The van der Waals surface area contributed by atoms with E-state index in [1.807, 2.05) is 0 Å². The van der Waals surface area contributed by atoms with Gasteiger partial charge in [-0.05, 0) is 49.1 Å². The van der Waals surface area contributed by atoms with Crippen LogP contribution in [0.25, 0.3) is 0 Å². The molecule has 9 heteroatoms. The maximum Gasteiger partial charge on any atom is 0.350 e. The Labute approximate surface area is 202 Å². The molecule has 0 aromatic carbocycles. The van der Waals surface area contributed by atoms with Crippen molar-refractivity contribution in [1.29, 1.82) is 0 Å². The van der Waals surface area contributed by atoms with Crippen molar-refractivity contribution in [3.05, 3.63) is 11.3 Å². The predicted octanol–water partition coefficient (Wildman–Crippen LogP) is 5.24. The fourth-order valence-electron chi connectivity index (χ4n) is 3.33. The molecule has 33 heavy (non-hydrogen) atoms. The van der Waals surface area contributed by atoms with E-state index in [4.69, 9.17) is 18.3 Å². The molecule has 2 aliphatic heterocycles. The summed E-state index contributed by atoms with van der Waals surface area (Å²) in [6.45, 7) is 25.8. The number of carbonyl (C=O) groups excluding carboxylic acids is 2. The molecule has 2 heterocycles. The smallest absolute Gasteiger partial charge is 0.350 e. The Morgan fingerprint density at radius 3 is 1.88 bits per heavy atom. The SMILES string of the molecule is CC1(C)OC(=O)C(=C2CC[C@@H](O[Si](C)(C)C(C)(C)C)[C@@H](CO[Si](C)(C)C(C)(C)C)N2)C(=O)O1. The van der Waals surface area contributed by atoms with E-state index >= 15 is 0 Å². The minimum atomic E-state index is -2.04. The highest BCUT2D eigenvalue weighted by Crippen LogP contribution is 2.40. The van der Waals surface area contributed by atoms with Gasteiger partial charge >= 0.3 is 11.9 Å². The first-order chi connectivity index (χ1) is 14.7. The van der Waals surface area contributed by atoms with Crippen LogP contribution in [-0.4, -0.2) is 53.1 Å². The number of hydrogen-bond acceptors (Lipinski definition) is 7. The zero-order valence-electron chi connectivity index (χ0n) is 22.7. The molecule has 0 bridgehead atoms. The summed E-state index contributed by atoms with van der Waals surface area (Å²) in [5.74, 6) is -2.55. The van der Waals surface area contributed by atoms with Crippen molar-refractivity contribution in [1.82, 2.24) is 5.32 Å². The largest absolute Gasteiger partial charge is 0.419 e. The van der Waals surface area contributed by atoms with E-state index in [0.717, 1.165) is 0 Å². The lowest BCUT2D eigenvalue weighted by molar-refractivity contribution is -0.222. The third kappa shape index (κ3) is 6.49. The maximum absolute atomic E-state index is 12.6. The van der Waals surface area contributed by atoms with Crippen molar-refractivity contribution in [2.45, 2.75) is 122 Å². The Balaban J connectivity index is 2.34. The molecule has 1 N–H and O–H groups in total. The number of piperidine rings is 1. The molecule has 2 rings (SSSR count). The van der Waals surface area contributed by atoms with E-state index in [0.29, 0.717) is 25.1 Å². The Kier molecular flexibility index (Phi) is 7.76. The Hall–Kier alpha value is -1.17. The fraction of sp³-hybridized carbons (Fsp3) is 0.833. The van der Waals surface area contributed by atoms with Crippen LogP contribution in [0.15, 0.2) is 11.3 Å². The van der Waals surface area contributed by atoms with E-state index in [9.17, 15) is 9.59 Å². The topological polar surface area (TPSA) is 83.1 Å². The van der Waals surface area contributed by atoms with Crippen LogP contribution in [-0.2, 0) is 27.9 Å². The summed E-state index contributed by atoms with van der Waals surface area (Å²) in [5.41, 5.74) is 0.511. The van der Waals surface area contributed by atoms with E-state index in [2.05, 4.69) is 73.0 Å². The molecule has 2 aliphatic rings. The van der Waals surface area contributed by atoms with Crippen LogP contribution in [0.1, 0.15) is 68.2 Å². The Morgan fingerprint density at radius 2 is 1.42 bits per heavy atom. The molecule has 0 spiro atoms. The first-order valence-corrected chi connectivity index (χ1v) is 17.8. The third-order valence-corrected chi connectivity index (χ3v) is 16.6. The number of esters is 2. The van der Waals surface area contributed by atoms with Gasteiger partial charge in [-0.2, -0.15) is 0 Å². The van der Waals surface area contributed by atoms with Gasteiger partial charge in [0.2, 0.25) is 0 Å². The molecular weight excluding hydrogens is 454 g/mol. The number of hydrogen-bond donors (Lipinski definition) is 1. The molecule has 7 nitrogen and oxygen atoms in total. The molecule has 2 atom stereocenters. The summed E-state index contributed by atoms with van der Waals surface area (Å²) in [4.78, 5) is 25.3. The highest BCUT2D eigenvalue weighted by molar-refractivity contribution is 6.74. The molecule has 0 radical (unpaired) electrons. The third-order valence-electron chi connectivity index (χ3n) is 7.56. The highest BCUT2D eigenvalue weighted by Gasteiger charge is 2.46. The van der Waals surface area contributed by atoms with Gasteiger partial charge in [0, 0.05) is 19.5 Å². The Morgan fingerprint density at radius 1 is 0.939 bits per heavy atom. The normalized spacial score (nSPS) is 24.8. The van der Waals surface area contributed by atoms with Crippen molar-refractivity contribution in [3.8, 4) is 0 Å². The zero-order chi connectivity index (χ0) is 25.6. The second kappa shape index (κ2) is 9.13. The summed E-state index contributed by atoms with van der Waals surface area (Å²) in [6.07, 6.45) is 1.12. The van der Waals surface area contributed by atoms with Gasteiger partial charge in [-0.15, -0.1) is 0 Å². The maximum atomic E-state index is 12.6. The lowest BCUT2D eigenvalue weighted by atomic mass is 9.96. The number of nitrogens with one attached hydrogen (secondary N) is 1. The van der Waals surface area contributed by atoms with Crippen LogP contribution >= 0.6 is 0 Å². The number of rotatable bonds is 5. The number of carbonyl (C=O) groups is 2. The summed E-state index contributed by atoms with van der Waals surface area (Å²) in [6, 6.07) is -0.181. The average Bonchev–Trinajstić information content (AvgIpc) is 2.57. The molecule has 0 amide bonds. The molecule has 190 valence electrons. The number of cyclic esters (lactones) is 2. The molecular formula is C24H45NO6Si2. The van der Waals surface area contributed by atoms with E-state index in [-0.39, 0.29) is 27.8 Å². The average molecular weight is 500 g/mol. The summed E-state index contributed by atoms with van der Waals surface area (Å²) < 4.78 is 24.0. The summed E-state index contributed by atoms with van der Waals surface area (Å²) in [5, 5.41) is 3.57. The lowest BCUT2D eigenvalue weighted by Gasteiger charge is -2.45. The number of allylic oxidation sites excluding steroid dienone is 1. The molecule has 0 aromatic heterocycles.